The first-order chi connectivity index (χ1) is 14.9. The van der Waals surface area contributed by atoms with E-state index < -0.39 is 12.0 Å². The summed E-state index contributed by atoms with van der Waals surface area (Å²) in [4.78, 5) is 24.9. The van der Waals surface area contributed by atoms with E-state index in [0.29, 0.717) is 24.5 Å². The molecule has 1 amide bonds. The molecule has 0 unspecified atom stereocenters. The van der Waals surface area contributed by atoms with Crippen LogP contribution >= 0.6 is 0 Å². The molecular weight excluding hydrogens is 390 g/mol. The maximum Gasteiger partial charge on any atom is 0.326 e. The van der Waals surface area contributed by atoms with E-state index in [2.05, 4.69) is 44.2 Å². The fraction of sp³-hybridized carbons (Fsp3) is 0.231. The number of carboxylic acid groups (broad SMARTS) is 1. The summed E-state index contributed by atoms with van der Waals surface area (Å²) in [7, 11) is 0. The third-order valence-electron chi connectivity index (χ3n) is 5.71. The average molecular weight is 415 g/mol. The van der Waals surface area contributed by atoms with Gasteiger partial charge in [0.15, 0.2) is 0 Å². The van der Waals surface area contributed by atoms with Gasteiger partial charge in [-0.15, -0.1) is 0 Å². The molecule has 0 saturated carbocycles. The molecule has 1 fully saturated rings. The van der Waals surface area contributed by atoms with Crippen LogP contribution in [0.25, 0.3) is 11.1 Å². The number of benzene rings is 3. The van der Waals surface area contributed by atoms with Crippen LogP contribution in [0.2, 0.25) is 0 Å². The Balaban J connectivity index is 1.47. The molecular formula is C26H25NO4. The minimum absolute atomic E-state index is 0.163. The lowest BCUT2D eigenvalue weighted by Gasteiger charge is -2.21. The topological polar surface area (TPSA) is 66.8 Å². The van der Waals surface area contributed by atoms with Crippen molar-refractivity contribution in [1.82, 2.24) is 0 Å². The van der Waals surface area contributed by atoms with Crippen LogP contribution in [0.4, 0.5) is 5.69 Å². The molecule has 1 aliphatic rings. The van der Waals surface area contributed by atoms with Crippen molar-refractivity contribution in [3.8, 4) is 16.9 Å². The Morgan fingerprint density at radius 2 is 1.71 bits per heavy atom. The Labute approximate surface area is 181 Å². The summed E-state index contributed by atoms with van der Waals surface area (Å²) in [5, 5.41) is 9.35. The maximum atomic E-state index is 12.1. The zero-order valence-electron chi connectivity index (χ0n) is 17.7. The van der Waals surface area contributed by atoms with Crippen LogP contribution in [-0.4, -0.2) is 23.0 Å². The first-order valence-corrected chi connectivity index (χ1v) is 10.4. The highest BCUT2D eigenvalue weighted by Crippen LogP contribution is 2.30. The van der Waals surface area contributed by atoms with Crippen LogP contribution in [0.5, 0.6) is 5.75 Å². The normalized spacial score (nSPS) is 15.9. The Bertz CT molecular complexity index is 1100. The molecule has 0 radical (unpaired) electrons. The highest BCUT2D eigenvalue weighted by atomic mass is 16.5. The number of rotatable bonds is 6. The summed E-state index contributed by atoms with van der Waals surface area (Å²) in [5.41, 5.74) is 6.54. The van der Waals surface area contributed by atoms with Crippen molar-refractivity contribution in [3.63, 3.8) is 0 Å². The molecule has 3 aromatic carbocycles. The minimum atomic E-state index is -0.977. The number of carbonyl (C=O) groups excluding carboxylic acids is 1. The van der Waals surface area contributed by atoms with E-state index in [4.69, 9.17) is 4.74 Å². The molecule has 0 aliphatic carbocycles. The molecule has 158 valence electrons. The number of anilines is 1. The van der Waals surface area contributed by atoms with Crippen molar-refractivity contribution in [2.24, 2.45) is 0 Å². The van der Waals surface area contributed by atoms with E-state index in [9.17, 15) is 14.7 Å². The quantitative estimate of drug-likeness (QED) is 0.606. The van der Waals surface area contributed by atoms with Gasteiger partial charge in [0.25, 0.3) is 0 Å². The van der Waals surface area contributed by atoms with Crippen LogP contribution in [0.15, 0.2) is 66.7 Å². The van der Waals surface area contributed by atoms with E-state index in [1.807, 2.05) is 12.1 Å². The van der Waals surface area contributed by atoms with Crippen LogP contribution in [0.3, 0.4) is 0 Å². The van der Waals surface area contributed by atoms with Gasteiger partial charge in [-0.25, -0.2) is 4.79 Å². The zero-order valence-corrected chi connectivity index (χ0v) is 17.7. The number of carboxylic acids is 1. The van der Waals surface area contributed by atoms with E-state index in [0.717, 1.165) is 5.56 Å². The molecule has 1 N–H and O–H groups in total. The van der Waals surface area contributed by atoms with Gasteiger partial charge in [-0.1, -0.05) is 36.4 Å². The molecule has 1 atom stereocenters. The SMILES string of the molecule is Cc1cccc(C)c1-c1cccc(COc2ccc(N3C(=O)CC[C@@H]3C(=O)O)cc2)c1. The van der Waals surface area contributed by atoms with Gasteiger partial charge in [-0.05, 0) is 78.4 Å². The second-order valence-electron chi connectivity index (χ2n) is 7.91. The predicted octanol–water partition coefficient (Wildman–Crippen LogP) is 5.13. The second-order valence-corrected chi connectivity index (χ2v) is 7.91. The van der Waals surface area contributed by atoms with Crippen LogP contribution < -0.4 is 9.64 Å². The standard InChI is InChI=1S/C26H25NO4/c1-17-5-3-6-18(2)25(17)20-8-4-7-19(15-20)16-31-22-11-9-21(10-12-22)27-23(26(29)30)13-14-24(27)28/h3-12,15,23H,13-14,16H2,1-2H3,(H,29,30)/t23-/m1/s1. The largest absolute Gasteiger partial charge is 0.489 e. The highest BCUT2D eigenvalue weighted by molar-refractivity contribution is 6.02. The van der Waals surface area contributed by atoms with E-state index in [-0.39, 0.29) is 12.3 Å². The van der Waals surface area contributed by atoms with Gasteiger partial charge in [0, 0.05) is 12.1 Å². The molecule has 1 aliphatic heterocycles. The second kappa shape index (κ2) is 8.64. The number of nitrogens with zero attached hydrogens (tertiary/aromatic N) is 1. The smallest absolute Gasteiger partial charge is 0.326 e. The Hall–Kier alpha value is -3.60. The van der Waals surface area contributed by atoms with Gasteiger partial charge >= 0.3 is 5.97 Å². The summed E-state index contributed by atoms with van der Waals surface area (Å²) in [6, 6.07) is 20.9. The van der Waals surface area contributed by atoms with Crippen molar-refractivity contribution < 1.29 is 19.4 Å². The van der Waals surface area contributed by atoms with E-state index in [1.54, 1.807) is 24.3 Å². The maximum absolute atomic E-state index is 12.1. The number of aliphatic carboxylic acids is 1. The van der Waals surface area contributed by atoms with Crippen LogP contribution in [0.1, 0.15) is 29.5 Å². The molecule has 0 bridgehead atoms. The van der Waals surface area contributed by atoms with Crippen molar-refractivity contribution in [2.45, 2.75) is 39.3 Å². The molecule has 0 aromatic heterocycles. The monoisotopic (exact) mass is 415 g/mol. The molecule has 5 nitrogen and oxygen atoms in total. The third-order valence-corrected chi connectivity index (χ3v) is 5.71. The first kappa shape index (κ1) is 20.7. The van der Waals surface area contributed by atoms with E-state index in [1.165, 1.54) is 27.2 Å². The third kappa shape index (κ3) is 4.31. The first-order valence-electron chi connectivity index (χ1n) is 10.4. The van der Waals surface area contributed by atoms with E-state index >= 15 is 0 Å². The van der Waals surface area contributed by atoms with Crippen molar-refractivity contribution in [2.75, 3.05) is 4.90 Å². The molecule has 0 spiro atoms. The van der Waals surface area contributed by atoms with Crippen LogP contribution in [-0.2, 0) is 16.2 Å². The van der Waals surface area contributed by atoms with Gasteiger partial charge in [-0.3, -0.25) is 9.69 Å². The van der Waals surface area contributed by atoms with Gasteiger partial charge < -0.3 is 9.84 Å². The van der Waals surface area contributed by atoms with Gasteiger partial charge in [0.1, 0.15) is 18.4 Å². The molecule has 5 heteroatoms. The summed E-state index contributed by atoms with van der Waals surface area (Å²) >= 11 is 0. The number of carbonyl (C=O) groups is 2. The Kier molecular flexibility index (Phi) is 5.76. The number of amides is 1. The lowest BCUT2D eigenvalue weighted by Crippen LogP contribution is -2.38. The minimum Gasteiger partial charge on any atom is -0.489 e. The summed E-state index contributed by atoms with van der Waals surface area (Å²) in [6.07, 6.45) is 0.592. The lowest BCUT2D eigenvalue weighted by atomic mass is 9.95. The van der Waals surface area contributed by atoms with Crippen molar-refractivity contribution >= 4 is 17.6 Å². The summed E-state index contributed by atoms with van der Waals surface area (Å²) in [5.74, 6) is -0.473. The number of ether oxygens (including phenoxy) is 1. The molecule has 31 heavy (non-hydrogen) atoms. The van der Waals surface area contributed by atoms with Crippen molar-refractivity contribution in [3.05, 3.63) is 83.4 Å². The Morgan fingerprint density at radius 3 is 2.39 bits per heavy atom. The molecule has 1 saturated heterocycles. The number of hydrogen-bond acceptors (Lipinski definition) is 3. The van der Waals surface area contributed by atoms with Gasteiger partial charge in [0.05, 0.1) is 0 Å². The number of aryl methyl sites for hydroxylation is 2. The fourth-order valence-corrected chi connectivity index (χ4v) is 4.20. The molecule has 1 heterocycles. The van der Waals surface area contributed by atoms with Crippen molar-refractivity contribution in [1.29, 1.82) is 0 Å². The highest BCUT2D eigenvalue weighted by Gasteiger charge is 2.36. The number of hydrogen-bond donors (Lipinski definition) is 1. The van der Waals surface area contributed by atoms with Gasteiger partial charge in [0.2, 0.25) is 5.91 Å². The Morgan fingerprint density at radius 1 is 1.03 bits per heavy atom. The zero-order chi connectivity index (χ0) is 22.0. The fourth-order valence-electron chi connectivity index (χ4n) is 4.20. The summed E-state index contributed by atoms with van der Waals surface area (Å²) < 4.78 is 5.94. The molecule has 3 aromatic rings. The van der Waals surface area contributed by atoms with Gasteiger partial charge in [-0.2, -0.15) is 0 Å². The summed E-state index contributed by atoms with van der Waals surface area (Å²) in [6.45, 7) is 4.65. The van der Waals surface area contributed by atoms with Crippen LogP contribution in [0, 0.1) is 13.8 Å². The molecule has 4 rings (SSSR count). The lowest BCUT2D eigenvalue weighted by molar-refractivity contribution is -0.138. The predicted molar refractivity (Wildman–Crippen MR) is 120 cm³/mol. The average Bonchev–Trinajstić information content (AvgIpc) is 3.15.